The third kappa shape index (κ3) is 4.62. The Bertz CT molecular complexity index is 897. The molecule has 1 aliphatic carbocycles. The van der Waals surface area contributed by atoms with Gasteiger partial charge in [0.2, 0.25) is 5.91 Å². The van der Waals surface area contributed by atoms with E-state index in [0.29, 0.717) is 6.42 Å². The molecule has 0 aliphatic heterocycles. The lowest BCUT2D eigenvalue weighted by atomic mass is 9.98. The van der Waals surface area contributed by atoms with Crippen LogP contribution in [0.2, 0.25) is 0 Å². The molecule has 0 spiro atoms. The number of benzene rings is 2. The Morgan fingerprint density at radius 3 is 2.13 bits per heavy atom. The highest BCUT2D eigenvalue weighted by atomic mass is 16.5. The molecule has 30 heavy (non-hydrogen) atoms. The number of carbonyl (C=O) groups excluding carboxylic acids is 2. The number of fused-ring (bicyclic) bond motifs is 3. The van der Waals surface area contributed by atoms with E-state index >= 15 is 0 Å². The first-order valence-electron chi connectivity index (χ1n) is 10.0. The van der Waals surface area contributed by atoms with Crippen molar-refractivity contribution in [2.45, 2.75) is 32.2 Å². The van der Waals surface area contributed by atoms with Crippen molar-refractivity contribution in [1.82, 2.24) is 10.6 Å². The van der Waals surface area contributed by atoms with Crippen LogP contribution in [0, 0.1) is 5.92 Å². The summed E-state index contributed by atoms with van der Waals surface area (Å²) in [5, 5.41) is 14.1. The van der Waals surface area contributed by atoms with Crippen molar-refractivity contribution in [2.24, 2.45) is 5.92 Å². The first-order valence-corrected chi connectivity index (χ1v) is 10.0. The Labute approximate surface area is 175 Å². The fraction of sp³-hybridized carbons (Fsp3) is 0.348. The lowest BCUT2D eigenvalue weighted by Crippen LogP contribution is -2.46. The molecule has 158 valence electrons. The second kappa shape index (κ2) is 9.43. The number of carboxylic acid groups (broad SMARTS) is 1. The summed E-state index contributed by atoms with van der Waals surface area (Å²) in [5.74, 6) is -2.14. The molecule has 1 unspecified atom stereocenters. The van der Waals surface area contributed by atoms with Crippen LogP contribution in [0.1, 0.15) is 37.3 Å². The number of aliphatic carboxylic acids is 1. The van der Waals surface area contributed by atoms with Crippen molar-refractivity contribution in [3.8, 4) is 11.1 Å². The normalized spacial score (nSPS) is 14.2. The molecule has 0 bridgehead atoms. The standard InChI is InChI=1S/C23H26N2O5/c1-3-15(22(27)28)12-24-21(26)14(2)25-23(29)30-13-20-18-10-6-4-8-16(18)17-9-5-7-11-19(17)20/h4-11,14-15,20H,3,12-13H2,1-2H3,(H,24,26)(H,25,29)(H,27,28)/t14-,15?/m1/s1. The second-order valence-corrected chi connectivity index (χ2v) is 7.38. The van der Waals surface area contributed by atoms with Crippen LogP contribution in [0.5, 0.6) is 0 Å². The van der Waals surface area contributed by atoms with Gasteiger partial charge in [0.05, 0.1) is 5.92 Å². The molecular weight excluding hydrogens is 384 g/mol. The molecule has 0 radical (unpaired) electrons. The zero-order valence-corrected chi connectivity index (χ0v) is 17.1. The van der Waals surface area contributed by atoms with E-state index in [-0.39, 0.29) is 19.1 Å². The molecule has 0 saturated carbocycles. The van der Waals surface area contributed by atoms with E-state index in [9.17, 15) is 14.4 Å². The highest BCUT2D eigenvalue weighted by Crippen LogP contribution is 2.44. The summed E-state index contributed by atoms with van der Waals surface area (Å²) in [4.78, 5) is 35.4. The summed E-state index contributed by atoms with van der Waals surface area (Å²) in [5.41, 5.74) is 4.49. The number of hydrogen-bond acceptors (Lipinski definition) is 4. The molecule has 0 saturated heterocycles. The third-order valence-corrected chi connectivity index (χ3v) is 5.44. The number of carbonyl (C=O) groups is 3. The van der Waals surface area contributed by atoms with Crippen LogP contribution < -0.4 is 10.6 Å². The Balaban J connectivity index is 1.55. The van der Waals surface area contributed by atoms with Gasteiger partial charge in [-0.2, -0.15) is 0 Å². The van der Waals surface area contributed by atoms with Crippen molar-refractivity contribution in [3.05, 3.63) is 59.7 Å². The zero-order valence-electron chi connectivity index (χ0n) is 17.1. The van der Waals surface area contributed by atoms with Gasteiger partial charge in [-0.1, -0.05) is 55.5 Å². The minimum absolute atomic E-state index is 0.0153. The molecule has 1 aliphatic rings. The number of hydrogen-bond donors (Lipinski definition) is 3. The van der Waals surface area contributed by atoms with Gasteiger partial charge < -0.3 is 20.5 Å². The Hall–Kier alpha value is -3.35. The second-order valence-electron chi connectivity index (χ2n) is 7.38. The molecule has 2 aromatic rings. The minimum Gasteiger partial charge on any atom is -0.481 e. The van der Waals surface area contributed by atoms with E-state index in [4.69, 9.17) is 9.84 Å². The van der Waals surface area contributed by atoms with Crippen molar-refractivity contribution >= 4 is 18.0 Å². The van der Waals surface area contributed by atoms with Gasteiger partial charge in [0.25, 0.3) is 0 Å². The zero-order chi connectivity index (χ0) is 21.7. The third-order valence-electron chi connectivity index (χ3n) is 5.44. The van der Waals surface area contributed by atoms with Crippen LogP contribution >= 0.6 is 0 Å². The summed E-state index contributed by atoms with van der Waals surface area (Å²) < 4.78 is 5.42. The van der Waals surface area contributed by atoms with Gasteiger partial charge in [0.1, 0.15) is 12.6 Å². The average Bonchev–Trinajstić information content (AvgIpc) is 3.06. The fourth-order valence-corrected chi connectivity index (χ4v) is 3.67. The van der Waals surface area contributed by atoms with Crippen molar-refractivity contribution in [1.29, 1.82) is 0 Å². The van der Waals surface area contributed by atoms with Crippen molar-refractivity contribution in [3.63, 3.8) is 0 Å². The van der Waals surface area contributed by atoms with Crippen LogP contribution in [0.25, 0.3) is 11.1 Å². The maximum atomic E-state index is 12.2. The molecule has 0 heterocycles. The monoisotopic (exact) mass is 410 g/mol. The molecule has 0 fully saturated rings. The maximum Gasteiger partial charge on any atom is 0.407 e. The predicted molar refractivity (Wildman–Crippen MR) is 112 cm³/mol. The quantitative estimate of drug-likeness (QED) is 0.620. The van der Waals surface area contributed by atoms with Gasteiger partial charge in [0, 0.05) is 12.5 Å². The van der Waals surface area contributed by atoms with Gasteiger partial charge in [-0.15, -0.1) is 0 Å². The highest BCUT2D eigenvalue weighted by molar-refractivity contribution is 5.85. The Kier molecular flexibility index (Phi) is 6.72. The molecular formula is C23H26N2O5. The number of carboxylic acids is 1. The molecule has 7 nitrogen and oxygen atoms in total. The first kappa shape index (κ1) is 21.4. The average molecular weight is 410 g/mol. The molecule has 3 N–H and O–H groups in total. The van der Waals surface area contributed by atoms with Crippen LogP contribution in [-0.2, 0) is 14.3 Å². The fourth-order valence-electron chi connectivity index (χ4n) is 3.67. The van der Waals surface area contributed by atoms with Gasteiger partial charge in [-0.05, 0) is 35.6 Å². The van der Waals surface area contributed by atoms with Crippen LogP contribution in [0.3, 0.4) is 0 Å². The molecule has 2 atom stereocenters. The van der Waals surface area contributed by atoms with Gasteiger partial charge >= 0.3 is 12.1 Å². The number of ether oxygens (including phenoxy) is 1. The predicted octanol–water partition coefficient (Wildman–Crippen LogP) is 3.14. The van der Waals surface area contributed by atoms with E-state index in [2.05, 4.69) is 22.8 Å². The largest absolute Gasteiger partial charge is 0.481 e. The summed E-state index contributed by atoms with van der Waals surface area (Å²) in [6, 6.07) is 15.2. The number of alkyl carbamates (subject to hydrolysis) is 1. The Morgan fingerprint density at radius 2 is 1.60 bits per heavy atom. The van der Waals surface area contributed by atoms with Crippen LogP contribution in [0.4, 0.5) is 4.79 Å². The molecule has 0 aromatic heterocycles. The summed E-state index contributed by atoms with van der Waals surface area (Å²) in [6.07, 6.45) is -0.283. The van der Waals surface area contributed by atoms with E-state index in [1.807, 2.05) is 36.4 Å². The topological polar surface area (TPSA) is 105 Å². The maximum absolute atomic E-state index is 12.2. The first-order chi connectivity index (χ1) is 14.4. The lowest BCUT2D eigenvalue weighted by molar-refractivity contribution is -0.141. The van der Waals surface area contributed by atoms with E-state index in [1.165, 1.54) is 6.92 Å². The lowest BCUT2D eigenvalue weighted by Gasteiger charge is -2.18. The van der Waals surface area contributed by atoms with Gasteiger partial charge in [0.15, 0.2) is 0 Å². The van der Waals surface area contributed by atoms with Crippen molar-refractivity contribution < 1.29 is 24.2 Å². The smallest absolute Gasteiger partial charge is 0.407 e. The number of nitrogens with one attached hydrogen (secondary N) is 2. The van der Waals surface area contributed by atoms with Crippen LogP contribution in [-0.4, -0.2) is 42.3 Å². The molecule has 2 amide bonds. The number of rotatable bonds is 8. The minimum atomic E-state index is -0.963. The summed E-state index contributed by atoms with van der Waals surface area (Å²) in [7, 11) is 0. The summed E-state index contributed by atoms with van der Waals surface area (Å²) in [6.45, 7) is 3.44. The Morgan fingerprint density at radius 1 is 1.03 bits per heavy atom. The van der Waals surface area contributed by atoms with E-state index < -0.39 is 29.9 Å². The SMILES string of the molecule is CCC(CNC(=O)[C@@H](C)NC(=O)OCC1c2ccccc2-c2ccccc21)C(=O)O. The van der Waals surface area contributed by atoms with E-state index in [1.54, 1.807) is 6.92 Å². The van der Waals surface area contributed by atoms with E-state index in [0.717, 1.165) is 22.3 Å². The van der Waals surface area contributed by atoms with Gasteiger partial charge in [-0.3, -0.25) is 9.59 Å². The molecule has 3 rings (SSSR count). The molecule has 7 heteroatoms. The number of amides is 2. The van der Waals surface area contributed by atoms with Crippen LogP contribution in [0.15, 0.2) is 48.5 Å². The van der Waals surface area contributed by atoms with Crippen molar-refractivity contribution in [2.75, 3.05) is 13.2 Å². The highest BCUT2D eigenvalue weighted by Gasteiger charge is 2.29. The van der Waals surface area contributed by atoms with Gasteiger partial charge in [-0.25, -0.2) is 4.79 Å². The molecule has 2 aromatic carbocycles. The summed E-state index contributed by atoms with van der Waals surface area (Å²) >= 11 is 0.